The molecule has 132 valence electrons. The van der Waals surface area contributed by atoms with Crippen LogP contribution in [0.4, 0.5) is 0 Å². The summed E-state index contributed by atoms with van der Waals surface area (Å²) in [6.45, 7) is 11.0. The zero-order valence-electron chi connectivity index (χ0n) is 15.3. The van der Waals surface area contributed by atoms with E-state index in [9.17, 15) is 15.3 Å². The van der Waals surface area contributed by atoms with Gasteiger partial charge in [0.05, 0.1) is 18.3 Å². The minimum absolute atomic E-state index is 0.182. The van der Waals surface area contributed by atoms with E-state index in [2.05, 4.69) is 34.6 Å². The fraction of sp³-hybridized carbons (Fsp3) is 1.00. The van der Waals surface area contributed by atoms with Gasteiger partial charge in [-0.15, -0.1) is 0 Å². The summed E-state index contributed by atoms with van der Waals surface area (Å²) in [5, 5.41) is 33.5. The molecule has 0 heterocycles. The van der Waals surface area contributed by atoms with Crippen molar-refractivity contribution in [2.24, 2.45) is 45.8 Å². The van der Waals surface area contributed by atoms with Crippen LogP contribution in [0, 0.1) is 45.8 Å². The van der Waals surface area contributed by atoms with Crippen LogP contribution in [0.15, 0.2) is 0 Å². The molecule has 4 aliphatic carbocycles. The molecule has 0 bridgehead atoms. The van der Waals surface area contributed by atoms with Crippen molar-refractivity contribution in [3.63, 3.8) is 0 Å². The Bertz CT molecular complexity index is 517. The summed E-state index contributed by atoms with van der Waals surface area (Å²) in [4.78, 5) is 0. The average molecular weight is 322 g/mol. The van der Waals surface area contributed by atoms with Crippen LogP contribution in [-0.2, 0) is 0 Å². The lowest BCUT2D eigenvalue weighted by atomic mass is 9.56. The Balaban J connectivity index is 1.89. The number of aliphatic hydroxyl groups excluding tert-OH is 3. The molecule has 4 aliphatic rings. The summed E-state index contributed by atoms with van der Waals surface area (Å²) in [5.41, 5.74) is -0.781. The number of hydrogen-bond acceptors (Lipinski definition) is 3. The van der Waals surface area contributed by atoms with Gasteiger partial charge in [0.2, 0.25) is 0 Å². The molecule has 3 N–H and O–H groups in total. The van der Waals surface area contributed by atoms with E-state index in [-0.39, 0.29) is 28.3 Å². The summed E-state index contributed by atoms with van der Waals surface area (Å²) in [6, 6.07) is 0. The highest BCUT2D eigenvalue weighted by Crippen LogP contribution is 2.77. The average Bonchev–Trinajstić information content (AvgIpc) is 2.91. The second-order valence-corrected chi connectivity index (χ2v) is 10.4. The first-order valence-electron chi connectivity index (χ1n) is 9.63. The standard InChI is InChI=1S/C20H34O3/c1-10-6-7-12-11(2)8-13-15-18(3,4)14(21)9-19(15,5)17(23)20(12,13)16(10)22/h10-17,21-23H,6-9H2,1-5H3/t10?,11-,12?,13-,14-,15+,16?,17-,19-,20-/m0/s1. The molecule has 4 saturated carbocycles. The van der Waals surface area contributed by atoms with Crippen LogP contribution in [0.25, 0.3) is 0 Å². The minimum Gasteiger partial charge on any atom is -0.393 e. The molecule has 23 heavy (non-hydrogen) atoms. The summed E-state index contributed by atoms with van der Waals surface area (Å²) >= 11 is 0. The second kappa shape index (κ2) is 4.53. The molecule has 0 amide bonds. The van der Waals surface area contributed by atoms with Crippen LogP contribution < -0.4 is 0 Å². The monoisotopic (exact) mass is 322 g/mol. The van der Waals surface area contributed by atoms with Gasteiger partial charge in [-0.25, -0.2) is 0 Å². The van der Waals surface area contributed by atoms with Gasteiger partial charge in [0, 0.05) is 10.8 Å². The second-order valence-electron chi connectivity index (χ2n) is 10.4. The van der Waals surface area contributed by atoms with E-state index in [1.807, 2.05) is 0 Å². The molecule has 4 fully saturated rings. The Labute approximate surface area is 140 Å². The van der Waals surface area contributed by atoms with Crippen molar-refractivity contribution in [2.75, 3.05) is 0 Å². The van der Waals surface area contributed by atoms with Crippen LogP contribution in [0.2, 0.25) is 0 Å². The molecule has 10 atom stereocenters. The summed E-state index contributed by atoms with van der Waals surface area (Å²) in [5.74, 6) is 1.91. The Morgan fingerprint density at radius 2 is 1.52 bits per heavy atom. The Hall–Kier alpha value is -0.120. The minimum atomic E-state index is -0.492. The van der Waals surface area contributed by atoms with Gasteiger partial charge < -0.3 is 15.3 Å². The maximum atomic E-state index is 11.6. The molecular formula is C20H34O3. The van der Waals surface area contributed by atoms with Crippen LogP contribution >= 0.6 is 0 Å². The molecule has 3 heteroatoms. The van der Waals surface area contributed by atoms with Gasteiger partial charge in [-0.1, -0.05) is 34.6 Å². The Kier molecular flexibility index (Phi) is 3.22. The lowest BCUT2D eigenvalue weighted by Crippen LogP contribution is -2.57. The Morgan fingerprint density at radius 3 is 2.17 bits per heavy atom. The van der Waals surface area contributed by atoms with Gasteiger partial charge in [-0.2, -0.15) is 0 Å². The summed E-state index contributed by atoms with van der Waals surface area (Å²) < 4.78 is 0. The van der Waals surface area contributed by atoms with Gasteiger partial charge in [0.25, 0.3) is 0 Å². The first kappa shape index (κ1) is 16.4. The number of hydrogen-bond donors (Lipinski definition) is 3. The molecule has 1 spiro atoms. The van der Waals surface area contributed by atoms with Gasteiger partial charge in [0.1, 0.15) is 0 Å². The number of fused-ring (bicyclic) bond motifs is 2. The predicted octanol–water partition coefficient (Wildman–Crippen LogP) is 2.82. The molecular weight excluding hydrogens is 288 g/mol. The lowest BCUT2D eigenvalue weighted by Gasteiger charge is -2.52. The van der Waals surface area contributed by atoms with Gasteiger partial charge in [0.15, 0.2) is 0 Å². The van der Waals surface area contributed by atoms with Crippen molar-refractivity contribution >= 4 is 0 Å². The van der Waals surface area contributed by atoms with Crippen LogP contribution in [0.1, 0.15) is 60.3 Å². The fourth-order valence-electron chi connectivity index (χ4n) is 8.29. The SMILES string of the molecule is CC1CCC2[C@@H](C)C[C@H]3[C@@H]4C(C)(C)[C@@H](O)C[C@]4(C)[C@H](O)[C@@]23C1O. The summed E-state index contributed by atoms with van der Waals surface area (Å²) in [7, 11) is 0. The third-order valence-corrected chi connectivity index (χ3v) is 9.09. The molecule has 0 aromatic carbocycles. The lowest BCUT2D eigenvalue weighted by molar-refractivity contribution is -0.163. The highest BCUT2D eigenvalue weighted by atomic mass is 16.3. The molecule has 0 saturated heterocycles. The quantitative estimate of drug-likeness (QED) is 0.643. The topological polar surface area (TPSA) is 60.7 Å². The normalized spacial score (nSPS) is 63.7. The highest BCUT2D eigenvalue weighted by Gasteiger charge is 2.78. The molecule has 0 aromatic heterocycles. The van der Waals surface area contributed by atoms with Crippen molar-refractivity contribution in [3.8, 4) is 0 Å². The van der Waals surface area contributed by atoms with E-state index in [1.54, 1.807) is 0 Å². The van der Waals surface area contributed by atoms with Gasteiger partial charge in [-0.3, -0.25) is 0 Å². The van der Waals surface area contributed by atoms with Crippen molar-refractivity contribution < 1.29 is 15.3 Å². The smallest absolute Gasteiger partial charge is 0.0684 e. The number of aliphatic hydroxyl groups is 3. The first-order chi connectivity index (χ1) is 10.6. The molecule has 4 rings (SSSR count). The van der Waals surface area contributed by atoms with E-state index >= 15 is 0 Å². The van der Waals surface area contributed by atoms with Crippen molar-refractivity contribution in [1.29, 1.82) is 0 Å². The zero-order valence-corrected chi connectivity index (χ0v) is 15.3. The maximum Gasteiger partial charge on any atom is 0.0684 e. The van der Waals surface area contributed by atoms with Gasteiger partial charge >= 0.3 is 0 Å². The summed E-state index contributed by atoms with van der Waals surface area (Å²) in [6.07, 6.45) is 2.74. The van der Waals surface area contributed by atoms with E-state index in [0.29, 0.717) is 30.1 Å². The highest BCUT2D eigenvalue weighted by molar-refractivity contribution is 5.26. The molecule has 3 nitrogen and oxygen atoms in total. The third-order valence-electron chi connectivity index (χ3n) is 9.09. The van der Waals surface area contributed by atoms with Crippen LogP contribution in [0.5, 0.6) is 0 Å². The van der Waals surface area contributed by atoms with E-state index in [4.69, 9.17) is 0 Å². The predicted molar refractivity (Wildman–Crippen MR) is 89.6 cm³/mol. The molecule has 3 unspecified atom stereocenters. The van der Waals surface area contributed by atoms with E-state index in [1.165, 1.54) is 0 Å². The fourth-order valence-corrected chi connectivity index (χ4v) is 8.29. The zero-order chi connectivity index (χ0) is 16.9. The van der Waals surface area contributed by atoms with Crippen molar-refractivity contribution in [2.45, 2.75) is 78.6 Å². The van der Waals surface area contributed by atoms with Crippen molar-refractivity contribution in [3.05, 3.63) is 0 Å². The van der Waals surface area contributed by atoms with Crippen molar-refractivity contribution in [1.82, 2.24) is 0 Å². The van der Waals surface area contributed by atoms with Gasteiger partial charge in [-0.05, 0) is 60.7 Å². The van der Waals surface area contributed by atoms with Crippen LogP contribution in [-0.4, -0.2) is 33.6 Å². The Morgan fingerprint density at radius 1 is 0.870 bits per heavy atom. The first-order valence-corrected chi connectivity index (χ1v) is 9.63. The number of rotatable bonds is 0. The molecule has 0 radical (unpaired) electrons. The van der Waals surface area contributed by atoms with E-state index < -0.39 is 12.2 Å². The molecule has 0 aliphatic heterocycles. The van der Waals surface area contributed by atoms with Crippen LogP contribution in [0.3, 0.4) is 0 Å². The molecule has 0 aromatic rings. The third kappa shape index (κ3) is 1.58. The van der Waals surface area contributed by atoms with E-state index in [0.717, 1.165) is 19.3 Å². The maximum absolute atomic E-state index is 11.6. The largest absolute Gasteiger partial charge is 0.393 e.